The zero-order valence-corrected chi connectivity index (χ0v) is 10.9. The maximum absolute atomic E-state index is 11.6. The molecule has 1 aromatic rings. The van der Waals surface area contributed by atoms with E-state index in [0.29, 0.717) is 5.01 Å². The van der Waals surface area contributed by atoms with Crippen molar-refractivity contribution >= 4 is 23.7 Å². The molecule has 1 aromatic heterocycles. The third-order valence-electron chi connectivity index (χ3n) is 1.77. The van der Waals surface area contributed by atoms with Crippen molar-refractivity contribution in [1.29, 1.82) is 0 Å². The highest BCUT2D eigenvalue weighted by molar-refractivity contribution is 7.09. The number of aromatic nitrogens is 1. The highest BCUT2D eigenvalue weighted by Crippen LogP contribution is 2.19. The van der Waals surface area contributed by atoms with Crippen LogP contribution in [0.3, 0.4) is 0 Å². The Morgan fingerprint density at radius 2 is 2.35 bits per heavy atom. The quantitative estimate of drug-likeness (QED) is 0.839. The van der Waals surface area contributed by atoms with E-state index in [1.165, 1.54) is 11.3 Å². The average molecular weight is 256 g/mol. The zero-order valence-electron chi connectivity index (χ0n) is 10.1. The monoisotopic (exact) mass is 256 g/mol. The molecule has 0 aliphatic rings. The summed E-state index contributed by atoms with van der Waals surface area (Å²) in [7, 11) is 0. The first-order chi connectivity index (χ1) is 7.92. The lowest BCUT2D eigenvalue weighted by molar-refractivity contribution is -0.108. The fourth-order valence-corrected chi connectivity index (χ4v) is 1.88. The molecule has 6 heteroatoms. The topological polar surface area (TPSA) is 68.3 Å². The largest absolute Gasteiger partial charge is 0.444 e. The summed E-state index contributed by atoms with van der Waals surface area (Å²) in [5.74, 6) is 0. The van der Waals surface area contributed by atoms with Gasteiger partial charge in [-0.05, 0) is 20.8 Å². The standard InChI is InChI=1S/C11H16N2O3S/c1-11(2,3)16-10(15)13-8(4-6-14)9-12-5-7-17-9/h5-8H,4H2,1-3H3,(H,13,15)/t8-/m1/s1. The van der Waals surface area contributed by atoms with E-state index in [1.54, 1.807) is 32.3 Å². The van der Waals surface area contributed by atoms with Crippen molar-refractivity contribution in [3.05, 3.63) is 16.6 Å². The van der Waals surface area contributed by atoms with E-state index in [4.69, 9.17) is 4.74 Å². The molecule has 1 N–H and O–H groups in total. The molecule has 1 heterocycles. The molecule has 0 fully saturated rings. The fraction of sp³-hybridized carbons (Fsp3) is 0.545. The number of amides is 1. The van der Waals surface area contributed by atoms with Crippen molar-refractivity contribution in [3.63, 3.8) is 0 Å². The molecule has 0 saturated carbocycles. The van der Waals surface area contributed by atoms with Crippen molar-refractivity contribution < 1.29 is 14.3 Å². The Morgan fingerprint density at radius 1 is 1.65 bits per heavy atom. The molecule has 0 aromatic carbocycles. The van der Waals surface area contributed by atoms with Crippen molar-refractivity contribution in [1.82, 2.24) is 10.3 Å². The Balaban J connectivity index is 2.62. The summed E-state index contributed by atoms with van der Waals surface area (Å²) in [6, 6.07) is -0.414. The van der Waals surface area contributed by atoms with E-state index >= 15 is 0 Å². The maximum atomic E-state index is 11.6. The summed E-state index contributed by atoms with van der Waals surface area (Å²) in [6.45, 7) is 5.35. The van der Waals surface area contributed by atoms with Crippen LogP contribution in [0.25, 0.3) is 0 Å². The minimum atomic E-state index is -0.557. The molecule has 0 bridgehead atoms. The first-order valence-electron chi connectivity index (χ1n) is 5.25. The molecule has 0 spiro atoms. The van der Waals surface area contributed by atoms with Gasteiger partial charge in [-0.25, -0.2) is 9.78 Å². The number of nitrogens with zero attached hydrogens (tertiary/aromatic N) is 1. The van der Waals surface area contributed by atoms with E-state index in [2.05, 4.69) is 10.3 Å². The van der Waals surface area contributed by atoms with Gasteiger partial charge in [0.1, 0.15) is 16.9 Å². The van der Waals surface area contributed by atoms with Gasteiger partial charge in [0.15, 0.2) is 0 Å². The lowest BCUT2D eigenvalue weighted by Crippen LogP contribution is -2.35. The van der Waals surface area contributed by atoms with Gasteiger partial charge in [-0.2, -0.15) is 0 Å². The van der Waals surface area contributed by atoms with Crippen LogP contribution in [-0.2, 0) is 9.53 Å². The molecule has 17 heavy (non-hydrogen) atoms. The minimum absolute atomic E-state index is 0.187. The van der Waals surface area contributed by atoms with Gasteiger partial charge in [0.2, 0.25) is 0 Å². The Morgan fingerprint density at radius 3 is 2.82 bits per heavy atom. The number of hydrogen-bond acceptors (Lipinski definition) is 5. The fourth-order valence-electron chi connectivity index (χ4n) is 1.17. The molecule has 0 aliphatic heterocycles. The Labute approximate surface area is 104 Å². The second-order valence-corrected chi connectivity index (χ2v) is 5.40. The molecule has 0 saturated heterocycles. The average Bonchev–Trinajstić information content (AvgIpc) is 2.66. The predicted octanol–water partition coefficient (Wildman–Crippen LogP) is 2.30. The molecule has 1 amide bonds. The normalized spacial score (nSPS) is 12.9. The number of hydrogen-bond donors (Lipinski definition) is 1. The molecular formula is C11H16N2O3S. The molecule has 1 atom stereocenters. The number of nitrogens with one attached hydrogen (secondary N) is 1. The van der Waals surface area contributed by atoms with Crippen molar-refractivity contribution in [2.24, 2.45) is 0 Å². The van der Waals surface area contributed by atoms with Crippen LogP contribution in [-0.4, -0.2) is 23.0 Å². The molecular weight excluding hydrogens is 240 g/mol. The smallest absolute Gasteiger partial charge is 0.408 e. The number of ether oxygens (including phenoxy) is 1. The van der Waals surface area contributed by atoms with Gasteiger partial charge in [0, 0.05) is 18.0 Å². The second-order valence-electron chi connectivity index (χ2n) is 4.47. The third kappa shape index (κ3) is 4.95. The summed E-state index contributed by atoms with van der Waals surface area (Å²) in [4.78, 5) is 26.2. The van der Waals surface area contributed by atoms with E-state index in [9.17, 15) is 9.59 Å². The summed E-state index contributed by atoms with van der Waals surface area (Å²) >= 11 is 1.39. The second kappa shape index (κ2) is 5.77. The first-order valence-corrected chi connectivity index (χ1v) is 6.13. The van der Waals surface area contributed by atoms with Crippen LogP contribution in [0.1, 0.15) is 38.2 Å². The van der Waals surface area contributed by atoms with E-state index < -0.39 is 17.7 Å². The van der Waals surface area contributed by atoms with Gasteiger partial charge in [-0.1, -0.05) is 0 Å². The van der Waals surface area contributed by atoms with Crippen LogP contribution in [0.15, 0.2) is 11.6 Å². The van der Waals surface area contributed by atoms with Gasteiger partial charge in [0.05, 0.1) is 6.04 Å². The summed E-state index contributed by atoms with van der Waals surface area (Å²) in [6.07, 6.45) is 2.03. The summed E-state index contributed by atoms with van der Waals surface area (Å²) in [5.41, 5.74) is -0.557. The maximum Gasteiger partial charge on any atom is 0.408 e. The molecule has 0 radical (unpaired) electrons. The SMILES string of the molecule is CC(C)(C)OC(=O)N[C@H](CC=O)c1nccs1. The zero-order chi connectivity index (χ0) is 12.9. The predicted molar refractivity (Wildman–Crippen MR) is 64.9 cm³/mol. The van der Waals surface area contributed by atoms with Crippen LogP contribution in [0, 0.1) is 0 Å². The Kier molecular flexibility index (Phi) is 4.62. The number of carbonyl (C=O) groups is 2. The highest BCUT2D eigenvalue weighted by Gasteiger charge is 2.21. The Hall–Kier alpha value is -1.43. The first kappa shape index (κ1) is 13.6. The molecule has 1 rings (SSSR count). The van der Waals surface area contributed by atoms with Crippen LogP contribution < -0.4 is 5.32 Å². The van der Waals surface area contributed by atoms with Crippen LogP contribution in [0.2, 0.25) is 0 Å². The number of rotatable bonds is 4. The number of aldehydes is 1. The van der Waals surface area contributed by atoms with E-state index in [-0.39, 0.29) is 6.42 Å². The third-order valence-corrected chi connectivity index (χ3v) is 2.66. The molecule has 5 nitrogen and oxygen atoms in total. The molecule has 0 unspecified atom stereocenters. The lowest BCUT2D eigenvalue weighted by atomic mass is 10.2. The number of thiazole rings is 1. The lowest BCUT2D eigenvalue weighted by Gasteiger charge is -2.22. The summed E-state index contributed by atoms with van der Waals surface area (Å²) < 4.78 is 5.12. The Bertz CT molecular complexity index is 371. The van der Waals surface area contributed by atoms with Gasteiger partial charge >= 0.3 is 6.09 Å². The minimum Gasteiger partial charge on any atom is -0.444 e. The summed E-state index contributed by atoms with van der Waals surface area (Å²) in [5, 5.41) is 5.13. The van der Waals surface area contributed by atoms with Crippen LogP contribution in [0.4, 0.5) is 4.79 Å². The number of alkyl carbamates (subject to hydrolysis) is 1. The van der Waals surface area contributed by atoms with E-state index in [1.807, 2.05) is 0 Å². The highest BCUT2D eigenvalue weighted by atomic mass is 32.1. The molecule has 0 aliphatic carbocycles. The van der Waals surface area contributed by atoms with Gasteiger partial charge < -0.3 is 14.8 Å². The van der Waals surface area contributed by atoms with Crippen molar-refractivity contribution in [3.8, 4) is 0 Å². The van der Waals surface area contributed by atoms with Gasteiger partial charge in [0.25, 0.3) is 0 Å². The van der Waals surface area contributed by atoms with Crippen molar-refractivity contribution in [2.75, 3.05) is 0 Å². The van der Waals surface area contributed by atoms with Crippen molar-refractivity contribution in [2.45, 2.75) is 38.8 Å². The van der Waals surface area contributed by atoms with E-state index in [0.717, 1.165) is 6.29 Å². The van der Waals surface area contributed by atoms with Gasteiger partial charge in [-0.15, -0.1) is 11.3 Å². The number of carbonyl (C=O) groups excluding carboxylic acids is 2. The van der Waals surface area contributed by atoms with Crippen LogP contribution >= 0.6 is 11.3 Å². The van der Waals surface area contributed by atoms with Gasteiger partial charge in [-0.3, -0.25) is 0 Å². The van der Waals surface area contributed by atoms with Crippen LogP contribution in [0.5, 0.6) is 0 Å². The molecule has 94 valence electrons.